The largest absolute Gasteiger partial charge is 0.386 e. The molecular weight excluding hydrogens is 258 g/mol. The molecule has 6 heteroatoms. The van der Waals surface area contributed by atoms with Crippen LogP contribution in [0.1, 0.15) is 24.3 Å². The molecule has 1 saturated heterocycles. The predicted molar refractivity (Wildman–Crippen MR) is 69.0 cm³/mol. The molecule has 2 heterocycles. The Kier molecular flexibility index (Phi) is 3.58. The minimum absolute atomic E-state index is 0.164. The molecule has 0 aromatic carbocycles. The SMILES string of the molecule is CC1(NCC(O)c2cccs2)CCS(=O)(=O)C1. The third-order valence-corrected chi connectivity index (χ3v) is 5.97. The maximum absolute atomic E-state index is 11.4. The number of thiophene rings is 1. The minimum atomic E-state index is -2.90. The molecule has 0 spiro atoms. The number of hydrogen-bond acceptors (Lipinski definition) is 5. The zero-order chi connectivity index (χ0) is 12.5. The van der Waals surface area contributed by atoms with Gasteiger partial charge in [-0.15, -0.1) is 11.3 Å². The summed E-state index contributed by atoms with van der Waals surface area (Å²) in [5.41, 5.74) is -0.392. The Labute approximate surface area is 106 Å². The highest BCUT2D eigenvalue weighted by molar-refractivity contribution is 7.91. The number of sulfone groups is 1. The highest BCUT2D eigenvalue weighted by atomic mass is 32.2. The van der Waals surface area contributed by atoms with E-state index >= 15 is 0 Å². The first-order valence-corrected chi connectivity index (χ1v) is 8.27. The molecule has 4 nitrogen and oxygen atoms in total. The Morgan fingerprint density at radius 2 is 2.41 bits per heavy atom. The van der Waals surface area contributed by atoms with Crippen molar-refractivity contribution in [3.63, 3.8) is 0 Å². The van der Waals surface area contributed by atoms with E-state index in [1.54, 1.807) is 0 Å². The fourth-order valence-electron chi connectivity index (χ4n) is 2.07. The van der Waals surface area contributed by atoms with Gasteiger partial charge in [0.2, 0.25) is 0 Å². The third kappa shape index (κ3) is 3.28. The summed E-state index contributed by atoms with van der Waals surface area (Å²) in [6.45, 7) is 2.30. The molecule has 0 bridgehead atoms. The summed E-state index contributed by atoms with van der Waals surface area (Å²) in [5, 5.41) is 15.0. The summed E-state index contributed by atoms with van der Waals surface area (Å²) in [5.74, 6) is 0.406. The first-order valence-electron chi connectivity index (χ1n) is 5.57. The first-order chi connectivity index (χ1) is 7.90. The van der Waals surface area contributed by atoms with Gasteiger partial charge in [-0.25, -0.2) is 8.42 Å². The number of rotatable bonds is 4. The molecule has 1 aromatic rings. The van der Waals surface area contributed by atoms with Gasteiger partial charge in [0.05, 0.1) is 11.5 Å². The molecule has 0 radical (unpaired) electrons. The summed E-state index contributed by atoms with van der Waals surface area (Å²) < 4.78 is 22.8. The number of hydrogen-bond donors (Lipinski definition) is 2. The smallest absolute Gasteiger partial charge is 0.152 e. The molecule has 1 fully saturated rings. The lowest BCUT2D eigenvalue weighted by Gasteiger charge is -2.25. The Balaban J connectivity index is 1.91. The second kappa shape index (κ2) is 4.68. The van der Waals surface area contributed by atoms with Crippen molar-refractivity contribution in [3.05, 3.63) is 22.4 Å². The van der Waals surface area contributed by atoms with Gasteiger partial charge in [0.1, 0.15) is 6.10 Å². The molecule has 0 aliphatic carbocycles. The molecule has 1 aromatic heterocycles. The summed E-state index contributed by atoms with van der Waals surface area (Å²) in [7, 11) is -2.90. The highest BCUT2D eigenvalue weighted by Crippen LogP contribution is 2.24. The summed E-state index contributed by atoms with van der Waals surface area (Å²) in [6, 6.07) is 3.77. The van der Waals surface area contributed by atoms with Crippen molar-refractivity contribution < 1.29 is 13.5 Å². The van der Waals surface area contributed by atoms with Crippen molar-refractivity contribution in [3.8, 4) is 0 Å². The fraction of sp³-hybridized carbons (Fsp3) is 0.636. The number of aliphatic hydroxyl groups is 1. The second-order valence-corrected chi connectivity index (χ2v) is 7.98. The van der Waals surface area contributed by atoms with Crippen molar-refractivity contribution in [2.75, 3.05) is 18.1 Å². The van der Waals surface area contributed by atoms with Gasteiger partial charge in [0, 0.05) is 17.0 Å². The molecule has 2 unspecified atom stereocenters. The van der Waals surface area contributed by atoms with Gasteiger partial charge in [-0.3, -0.25) is 0 Å². The zero-order valence-corrected chi connectivity index (χ0v) is 11.4. The molecule has 2 N–H and O–H groups in total. The van der Waals surface area contributed by atoms with Crippen LogP contribution in [0.5, 0.6) is 0 Å². The number of β-amino-alcohol motifs (C(OH)–C–C–N with tert-alkyl or cyclic N) is 1. The van der Waals surface area contributed by atoms with Crippen LogP contribution in [0.25, 0.3) is 0 Å². The van der Waals surface area contributed by atoms with Crippen LogP contribution in [0.3, 0.4) is 0 Å². The van der Waals surface area contributed by atoms with Crippen LogP contribution in [-0.2, 0) is 9.84 Å². The van der Waals surface area contributed by atoms with Crippen molar-refractivity contribution in [1.29, 1.82) is 0 Å². The standard InChI is InChI=1S/C11H17NO3S2/c1-11(4-6-17(14,15)8-11)12-7-9(13)10-3-2-5-16-10/h2-3,5,9,12-13H,4,6-8H2,1H3. The Bertz CT molecular complexity index is 469. The van der Waals surface area contributed by atoms with E-state index < -0.39 is 21.5 Å². The van der Waals surface area contributed by atoms with Crippen LogP contribution in [0.4, 0.5) is 0 Å². The van der Waals surface area contributed by atoms with Gasteiger partial charge in [-0.05, 0) is 24.8 Å². The lowest BCUT2D eigenvalue weighted by atomic mass is 10.0. The van der Waals surface area contributed by atoms with Crippen LogP contribution < -0.4 is 5.32 Å². The maximum atomic E-state index is 11.4. The van der Waals surface area contributed by atoms with Crippen LogP contribution >= 0.6 is 11.3 Å². The van der Waals surface area contributed by atoms with Crippen molar-refractivity contribution >= 4 is 21.2 Å². The van der Waals surface area contributed by atoms with Crippen LogP contribution in [0.2, 0.25) is 0 Å². The quantitative estimate of drug-likeness (QED) is 0.858. The van der Waals surface area contributed by atoms with E-state index in [2.05, 4.69) is 5.32 Å². The molecule has 2 rings (SSSR count). The zero-order valence-electron chi connectivity index (χ0n) is 9.72. The molecule has 17 heavy (non-hydrogen) atoms. The normalized spacial score (nSPS) is 29.3. The summed E-state index contributed by atoms with van der Waals surface area (Å²) in [4.78, 5) is 0.905. The first kappa shape index (κ1) is 13.0. The maximum Gasteiger partial charge on any atom is 0.152 e. The average Bonchev–Trinajstić information content (AvgIpc) is 2.84. The highest BCUT2D eigenvalue weighted by Gasteiger charge is 2.38. The van der Waals surface area contributed by atoms with E-state index in [-0.39, 0.29) is 11.5 Å². The predicted octanol–water partition coefficient (Wildman–Crippen LogP) is 0.948. The molecule has 2 atom stereocenters. The summed E-state index contributed by atoms with van der Waals surface area (Å²) in [6.07, 6.45) is 0.0575. The average molecular weight is 275 g/mol. The van der Waals surface area contributed by atoms with Gasteiger partial charge in [0.25, 0.3) is 0 Å². The monoisotopic (exact) mass is 275 g/mol. The lowest BCUT2D eigenvalue weighted by Crippen LogP contribution is -2.45. The van der Waals surface area contributed by atoms with Gasteiger partial charge >= 0.3 is 0 Å². The topological polar surface area (TPSA) is 66.4 Å². The van der Waals surface area contributed by atoms with E-state index in [9.17, 15) is 13.5 Å². The second-order valence-electron chi connectivity index (χ2n) is 4.81. The van der Waals surface area contributed by atoms with E-state index in [1.165, 1.54) is 11.3 Å². The van der Waals surface area contributed by atoms with Crippen LogP contribution in [-0.4, -0.2) is 37.1 Å². The molecule has 1 aliphatic rings. The van der Waals surface area contributed by atoms with E-state index in [0.717, 1.165) is 4.88 Å². The van der Waals surface area contributed by atoms with Gasteiger partial charge in [-0.1, -0.05) is 6.07 Å². The van der Waals surface area contributed by atoms with Crippen LogP contribution in [0, 0.1) is 0 Å². The molecule has 0 saturated carbocycles. The van der Waals surface area contributed by atoms with Gasteiger partial charge in [0.15, 0.2) is 9.84 Å². The molecule has 96 valence electrons. The summed E-state index contributed by atoms with van der Waals surface area (Å²) >= 11 is 1.50. The lowest BCUT2D eigenvalue weighted by molar-refractivity contribution is 0.165. The van der Waals surface area contributed by atoms with E-state index in [1.807, 2.05) is 24.4 Å². The van der Waals surface area contributed by atoms with Crippen LogP contribution in [0.15, 0.2) is 17.5 Å². The fourth-order valence-corrected chi connectivity index (χ4v) is 4.91. The van der Waals surface area contributed by atoms with Crippen molar-refractivity contribution in [2.24, 2.45) is 0 Å². The van der Waals surface area contributed by atoms with Gasteiger partial charge in [-0.2, -0.15) is 0 Å². The molecular formula is C11H17NO3S2. The van der Waals surface area contributed by atoms with E-state index in [4.69, 9.17) is 0 Å². The van der Waals surface area contributed by atoms with Crippen molar-refractivity contribution in [1.82, 2.24) is 5.32 Å². The number of aliphatic hydroxyl groups excluding tert-OH is 1. The van der Waals surface area contributed by atoms with E-state index in [0.29, 0.717) is 13.0 Å². The van der Waals surface area contributed by atoms with Gasteiger partial charge < -0.3 is 10.4 Å². The molecule has 1 aliphatic heterocycles. The Morgan fingerprint density at radius 1 is 1.65 bits per heavy atom. The number of nitrogens with one attached hydrogen (secondary N) is 1. The van der Waals surface area contributed by atoms with Crippen molar-refractivity contribution in [2.45, 2.75) is 25.0 Å². The Hall–Kier alpha value is -0.430. The molecule has 0 amide bonds. The Morgan fingerprint density at radius 3 is 2.94 bits per heavy atom. The third-order valence-electron chi connectivity index (χ3n) is 3.10. The minimum Gasteiger partial charge on any atom is -0.386 e.